The highest BCUT2D eigenvalue weighted by atomic mass is 15.1. The molecular weight excluding hydrogens is 799 g/mol. The van der Waals surface area contributed by atoms with Crippen LogP contribution in [-0.2, 0) is 5.41 Å². The molecule has 13 aromatic rings. The van der Waals surface area contributed by atoms with Gasteiger partial charge in [0.2, 0.25) is 0 Å². The summed E-state index contributed by atoms with van der Waals surface area (Å²) < 4.78 is 4.85. The second-order valence-corrected chi connectivity index (χ2v) is 18.5. The summed E-state index contributed by atoms with van der Waals surface area (Å²) in [5.41, 5.74) is 20.9. The van der Waals surface area contributed by atoms with Crippen molar-refractivity contribution in [3.05, 3.63) is 236 Å². The average molecular weight is 842 g/mol. The van der Waals surface area contributed by atoms with E-state index in [2.05, 4.69) is 252 Å². The summed E-state index contributed by atoms with van der Waals surface area (Å²) in [5.74, 6) is 0. The fourth-order valence-electron chi connectivity index (χ4n) is 11.6. The van der Waals surface area contributed by atoms with Gasteiger partial charge in [-0.3, -0.25) is 0 Å². The number of benzene rings is 10. The minimum absolute atomic E-state index is 0.0211. The van der Waals surface area contributed by atoms with Crippen molar-refractivity contribution in [1.82, 2.24) is 8.97 Å². The van der Waals surface area contributed by atoms with Gasteiger partial charge in [0.05, 0.1) is 33.3 Å². The van der Waals surface area contributed by atoms with Gasteiger partial charge in [-0.1, -0.05) is 159 Å². The highest BCUT2D eigenvalue weighted by Gasteiger charge is 2.35. The van der Waals surface area contributed by atoms with Crippen LogP contribution in [0.5, 0.6) is 0 Å². The van der Waals surface area contributed by atoms with Crippen molar-refractivity contribution in [2.24, 2.45) is 0 Å². The molecule has 3 aromatic heterocycles. The molecule has 1 aliphatic rings. The molecule has 66 heavy (non-hydrogen) atoms. The minimum Gasteiger partial charge on any atom is -0.310 e. The largest absolute Gasteiger partial charge is 0.310 e. The zero-order chi connectivity index (χ0) is 43.7. The third-order valence-corrected chi connectivity index (χ3v) is 14.7. The van der Waals surface area contributed by atoms with Crippen LogP contribution in [0, 0.1) is 0 Å². The number of para-hydroxylation sites is 4. The predicted octanol–water partition coefficient (Wildman–Crippen LogP) is 17.0. The second kappa shape index (κ2) is 13.8. The number of anilines is 3. The number of aromatic nitrogens is 2. The quantitative estimate of drug-likeness (QED) is 0.162. The van der Waals surface area contributed by atoms with Crippen LogP contribution in [0.4, 0.5) is 17.1 Å². The summed E-state index contributed by atoms with van der Waals surface area (Å²) in [7, 11) is 0. The van der Waals surface area contributed by atoms with E-state index in [0.29, 0.717) is 0 Å². The number of hydrogen-bond acceptors (Lipinski definition) is 1. The van der Waals surface area contributed by atoms with Crippen molar-refractivity contribution < 1.29 is 0 Å². The van der Waals surface area contributed by atoms with E-state index < -0.39 is 0 Å². The molecule has 3 heterocycles. The molecule has 0 fully saturated rings. The summed E-state index contributed by atoms with van der Waals surface area (Å²) in [6.07, 6.45) is 0. The Morgan fingerprint density at radius 3 is 1.62 bits per heavy atom. The standard InChI is InChI=1S/C63H43N3/c1-63(2)54-20-10-6-16-47(54)52-38-42(28-35-55(52)63)40-24-30-45(31-25-40)64(60-37-34-50-48-17-7-12-22-57(48)66-58-23-13-9-19-51(58)61(60)62(50)66)46-32-26-41(27-33-46)43-29-36-59-53(39-43)49-18-8-11-21-56(49)65(59)44-14-4-3-5-15-44/h3-39H,1-2H3. The lowest BCUT2D eigenvalue weighted by Gasteiger charge is -2.27. The van der Waals surface area contributed by atoms with Crippen molar-refractivity contribution in [2.45, 2.75) is 19.3 Å². The molecule has 0 atom stereocenters. The maximum atomic E-state index is 2.47. The Morgan fingerprint density at radius 2 is 0.894 bits per heavy atom. The maximum absolute atomic E-state index is 2.47. The molecule has 0 bridgehead atoms. The molecule has 0 aliphatic heterocycles. The SMILES string of the molecule is CC1(C)c2ccccc2-c2cc(-c3ccc(N(c4ccc(-c5ccc6c(c5)c5ccccc5n6-c5ccccc5)cc4)c4ccc5c6ccccc6n6c7ccccc7c4c56)cc3)ccc21. The highest BCUT2D eigenvalue weighted by molar-refractivity contribution is 6.27. The Balaban J connectivity index is 0.924. The number of hydrogen-bond donors (Lipinski definition) is 0. The molecule has 10 aromatic carbocycles. The van der Waals surface area contributed by atoms with Gasteiger partial charge in [0.15, 0.2) is 0 Å². The van der Waals surface area contributed by atoms with Gasteiger partial charge in [-0.15, -0.1) is 0 Å². The first kappa shape index (κ1) is 37.0. The van der Waals surface area contributed by atoms with Crippen LogP contribution in [-0.4, -0.2) is 8.97 Å². The van der Waals surface area contributed by atoms with Gasteiger partial charge in [0.25, 0.3) is 0 Å². The van der Waals surface area contributed by atoms with Crippen LogP contribution in [0.3, 0.4) is 0 Å². The summed E-state index contributed by atoms with van der Waals surface area (Å²) in [5, 5.41) is 7.56. The smallest absolute Gasteiger partial charge is 0.0641 e. The monoisotopic (exact) mass is 841 g/mol. The number of nitrogens with zero attached hydrogens (tertiary/aromatic N) is 3. The fraction of sp³-hybridized carbons (Fsp3) is 0.0476. The molecule has 0 saturated heterocycles. The molecule has 0 saturated carbocycles. The van der Waals surface area contributed by atoms with E-state index in [1.807, 2.05) is 0 Å². The van der Waals surface area contributed by atoms with E-state index in [0.717, 1.165) is 17.1 Å². The van der Waals surface area contributed by atoms with E-state index in [9.17, 15) is 0 Å². The molecular formula is C63H43N3. The molecule has 1 aliphatic carbocycles. The summed E-state index contributed by atoms with van der Waals surface area (Å²) in [6, 6.07) is 83.1. The van der Waals surface area contributed by atoms with E-state index >= 15 is 0 Å². The Kier molecular flexibility index (Phi) is 7.74. The fourth-order valence-corrected chi connectivity index (χ4v) is 11.6. The Bertz CT molecular complexity index is 4060. The van der Waals surface area contributed by atoms with Gasteiger partial charge in [-0.05, 0) is 123 Å². The maximum Gasteiger partial charge on any atom is 0.0641 e. The van der Waals surface area contributed by atoms with Crippen molar-refractivity contribution in [3.8, 4) is 39.1 Å². The van der Waals surface area contributed by atoms with Crippen LogP contribution in [0.2, 0.25) is 0 Å². The molecule has 0 amide bonds. The van der Waals surface area contributed by atoms with Crippen molar-refractivity contribution in [2.75, 3.05) is 4.90 Å². The molecule has 0 radical (unpaired) electrons. The molecule has 3 nitrogen and oxygen atoms in total. The molecule has 0 spiro atoms. The first-order valence-corrected chi connectivity index (χ1v) is 23.0. The number of fused-ring (bicyclic) bond motifs is 12. The first-order chi connectivity index (χ1) is 32.5. The third-order valence-electron chi connectivity index (χ3n) is 14.7. The van der Waals surface area contributed by atoms with Gasteiger partial charge in [0.1, 0.15) is 0 Å². The van der Waals surface area contributed by atoms with Crippen LogP contribution in [0.25, 0.3) is 99.0 Å². The van der Waals surface area contributed by atoms with E-state index in [1.54, 1.807) is 0 Å². The molecule has 3 heteroatoms. The lowest BCUT2D eigenvalue weighted by Crippen LogP contribution is -2.14. The van der Waals surface area contributed by atoms with Crippen LogP contribution >= 0.6 is 0 Å². The zero-order valence-corrected chi connectivity index (χ0v) is 36.7. The van der Waals surface area contributed by atoms with Gasteiger partial charge < -0.3 is 13.9 Å². The predicted molar refractivity (Wildman–Crippen MR) is 279 cm³/mol. The van der Waals surface area contributed by atoms with Crippen molar-refractivity contribution in [1.29, 1.82) is 0 Å². The lowest BCUT2D eigenvalue weighted by atomic mass is 9.82. The average Bonchev–Trinajstić information content (AvgIpc) is 4.08. The molecule has 14 rings (SSSR count). The molecule has 0 N–H and O–H groups in total. The second-order valence-electron chi connectivity index (χ2n) is 18.5. The van der Waals surface area contributed by atoms with Gasteiger partial charge >= 0.3 is 0 Å². The Hall–Kier alpha value is -8.40. The van der Waals surface area contributed by atoms with Crippen LogP contribution < -0.4 is 4.90 Å². The normalized spacial score (nSPS) is 13.1. The Morgan fingerprint density at radius 1 is 0.364 bits per heavy atom. The van der Waals surface area contributed by atoms with Gasteiger partial charge in [0, 0.05) is 54.8 Å². The number of rotatable bonds is 6. The van der Waals surface area contributed by atoms with E-state index in [4.69, 9.17) is 0 Å². The topological polar surface area (TPSA) is 12.6 Å². The summed E-state index contributed by atoms with van der Waals surface area (Å²) in [4.78, 5) is 2.46. The third kappa shape index (κ3) is 5.20. The van der Waals surface area contributed by atoms with Gasteiger partial charge in [-0.2, -0.15) is 0 Å². The van der Waals surface area contributed by atoms with Crippen molar-refractivity contribution in [3.63, 3.8) is 0 Å². The van der Waals surface area contributed by atoms with Crippen LogP contribution in [0.1, 0.15) is 25.0 Å². The molecule has 0 unspecified atom stereocenters. The van der Waals surface area contributed by atoms with Crippen molar-refractivity contribution >= 4 is 77.0 Å². The highest BCUT2D eigenvalue weighted by Crippen LogP contribution is 2.51. The Labute approximate surface area is 383 Å². The molecule has 310 valence electrons. The lowest BCUT2D eigenvalue weighted by molar-refractivity contribution is 0.660. The van der Waals surface area contributed by atoms with Crippen LogP contribution in [0.15, 0.2) is 224 Å². The minimum atomic E-state index is -0.0211. The summed E-state index contributed by atoms with van der Waals surface area (Å²) in [6.45, 7) is 4.69. The summed E-state index contributed by atoms with van der Waals surface area (Å²) >= 11 is 0. The zero-order valence-electron chi connectivity index (χ0n) is 36.7. The van der Waals surface area contributed by atoms with E-state index in [-0.39, 0.29) is 5.41 Å². The van der Waals surface area contributed by atoms with E-state index in [1.165, 1.54) is 110 Å². The van der Waals surface area contributed by atoms with Gasteiger partial charge in [-0.25, -0.2) is 0 Å². The first-order valence-electron chi connectivity index (χ1n) is 23.0.